The first-order valence-electron chi connectivity index (χ1n) is 39.8. The molecular formula is C108H84B2BrO4. The van der Waals surface area contributed by atoms with E-state index in [1.807, 2.05) is 24.3 Å². The molecule has 4 aliphatic carbocycles. The third-order valence-electron chi connectivity index (χ3n) is 25.4. The summed E-state index contributed by atoms with van der Waals surface area (Å²) in [5.74, 6) is 0.620. The number of fused-ring (bicyclic) bond motifs is 15. The minimum Gasteiger partial charge on any atom is -0.537 e. The molecule has 0 bridgehead atoms. The molecule has 0 fully saturated rings. The highest BCUT2D eigenvalue weighted by Crippen LogP contribution is 2.56. The Kier molecular flexibility index (Phi) is 18.0. The minimum atomic E-state index is -1.48. The van der Waals surface area contributed by atoms with Crippen molar-refractivity contribution in [2.24, 2.45) is 0 Å². The van der Waals surface area contributed by atoms with Gasteiger partial charge in [0.15, 0.2) is 0 Å². The Morgan fingerprint density at radius 3 is 0.739 bits per heavy atom. The van der Waals surface area contributed by atoms with Crippen LogP contribution in [-0.2, 0) is 21.7 Å². The number of rotatable bonds is 10. The summed E-state index contributed by atoms with van der Waals surface area (Å²) in [5.41, 5.74) is 37.7. The molecule has 4 nitrogen and oxygen atoms in total. The summed E-state index contributed by atoms with van der Waals surface area (Å²) in [6.07, 6.45) is 0. The average Bonchev–Trinajstić information content (AvgIpc) is 1.57. The molecule has 0 saturated heterocycles. The van der Waals surface area contributed by atoms with Gasteiger partial charge < -0.3 is 19.7 Å². The summed E-state index contributed by atoms with van der Waals surface area (Å²) in [6, 6.07) is 126. The van der Waals surface area contributed by atoms with Gasteiger partial charge in [-0.3, -0.25) is 0 Å². The van der Waals surface area contributed by atoms with Crippen LogP contribution in [0.3, 0.4) is 0 Å². The van der Waals surface area contributed by atoms with Crippen LogP contribution in [0.4, 0.5) is 0 Å². The van der Waals surface area contributed by atoms with Crippen molar-refractivity contribution in [3.8, 4) is 128 Å². The topological polar surface area (TPSA) is 69.9 Å². The van der Waals surface area contributed by atoms with Gasteiger partial charge in [-0.2, -0.15) is 0 Å². The molecule has 115 heavy (non-hydrogen) atoms. The van der Waals surface area contributed by atoms with Crippen LogP contribution >= 0.6 is 15.9 Å². The first kappa shape index (κ1) is 73.0. The summed E-state index contributed by atoms with van der Waals surface area (Å²) in [4.78, 5) is 0. The summed E-state index contributed by atoms with van der Waals surface area (Å²) in [6.45, 7) is 18.4. The molecule has 0 saturated carbocycles. The van der Waals surface area contributed by atoms with E-state index in [1.54, 1.807) is 6.07 Å². The molecule has 0 atom stereocenters. The van der Waals surface area contributed by atoms with E-state index in [9.17, 15) is 10.0 Å². The molecule has 0 aromatic heterocycles. The third kappa shape index (κ3) is 12.9. The van der Waals surface area contributed by atoms with Crippen LogP contribution in [0.5, 0.6) is 5.75 Å². The zero-order valence-electron chi connectivity index (χ0n) is 65.7. The Labute approximate surface area is 683 Å². The van der Waals surface area contributed by atoms with Crippen LogP contribution in [0.15, 0.2) is 350 Å². The Morgan fingerprint density at radius 2 is 0.452 bits per heavy atom. The maximum absolute atomic E-state index is 9.70. The van der Waals surface area contributed by atoms with E-state index in [-0.39, 0.29) is 21.7 Å². The summed E-state index contributed by atoms with van der Waals surface area (Å²) in [7, 11) is -0.761. The van der Waals surface area contributed by atoms with Crippen molar-refractivity contribution >= 4 is 68.5 Å². The molecule has 17 aromatic carbocycles. The molecule has 0 heterocycles. The van der Waals surface area contributed by atoms with Gasteiger partial charge in [0.05, 0.1) is 0 Å². The van der Waals surface area contributed by atoms with Crippen molar-refractivity contribution in [1.29, 1.82) is 0 Å². The van der Waals surface area contributed by atoms with E-state index in [2.05, 4.69) is 387 Å². The monoisotopic (exact) mass is 1550 g/mol. The van der Waals surface area contributed by atoms with Crippen molar-refractivity contribution in [2.45, 2.75) is 77.0 Å². The Balaban J connectivity index is 0.000000139. The molecule has 3 N–H and O–H groups in total. The fraction of sp³-hybridized carbons (Fsp3) is 0.111. The lowest BCUT2D eigenvalue weighted by Crippen LogP contribution is -2.31. The smallest absolute Gasteiger partial charge is 0.537 e. The second kappa shape index (κ2) is 28.4. The van der Waals surface area contributed by atoms with Gasteiger partial charge in [0.1, 0.15) is 5.75 Å². The molecule has 1 radical (unpaired) electrons. The number of hydrogen-bond acceptors (Lipinski definition) is 4. The number of hydrogen-bond donors (Lipinski definition) is 3. The highest BCUT2D eigenvalue weighted by Gasteiger charge is 2.41. The zero-order chi connectivity index (χ0) is 78.8. The molecule has 0 aliphatic heterocycles. The maximum Gasteiger partial charge on any atom is 0.569 e. The standard InChI is InChI=1S/C62H46.C30H27B2O4.C16H11Br/c1-61(2)57-35-49(43-17-13-41(14-18-43)47-23-21-39-9-5-7-11-45(39)33-47)25-29-53(57)55-31-27-51(37-59(55)61)52-28-32-56-54-30-26-50(36-58(54)62(3,4)60(56)38-52)44-19-15-42(16-20-44)48-24-22-40-10-6-8-12-46(40)34-48;1-29(2)25-13-17(5-9-21(25)23-11-7-19(32(34)35)15-27(23)29)18-6-10-22-24-12-8-20(36-31-33)16-28(24)30(3,4)26(22)14-18;17-16-9-7-13(8-10-16)15-6-5-12-3-1-2-4-14(12)11-15/h5-38H,1-4H3;5-16,33-35H,1-4H3;1-11H. The van der Waals surface area contributed by atoms with E-state index in [4.69, 9.17) is 9.68 Å². The van der Waals surface area contributed by atoms with Gasteiger partial charge in [-0.05, 0) is 284 Å². The maximum atomic E-state index is 9.70. The van der Waals surface area contributed by atoms with Crippen LogP contribution in [0.2, 0.25) is 0 Å². The fourth-order valence-electron chi connectivity index (χ4n) is 18.8. The van der Waals surface area contributed by atoms with E-state index in [0.717, 1.165) is 34.4 Å². The van der Waals surface area contributed by atoms with E-state index >= 15 is 0 Å². The predicted molar refractivity (Wildman–Crippen MR) is 486 cm³/mol. The Morgan fingerprint density at radius 1 is 0.235 bits per heavy atom. The van der Waals surface area contributed by atoms with Gasteiger partial charge in [-0.25, -0.2) is 0 Å². The molecule has 553 valence electrons. The van der Waals surface area contributed by atoms with Crippen LogP contribution in [0.25, 0.3) is 155 Å². The lowest BCUT2D eigenvalue weighted by atomic mass is 9.75. The summed E-state index contributed by atoms with van der Waals surface area (Å²) >= 11 is 3.46. The summed E-state index contributed by atoms with van der Waals surface area (Å²) in [5, 5.41) is 36.1. The van der Waals surface area contributed by atoms with Gasteiger partial charge in [0.2, 0.25) is 0 Å². The predicted octanol–water partition coefficient (Wildman–Crippen LogP) is 26.8. The van der Waals surface area contributed by atoms with Gasteiger partial charge in [0.25, 0.3) is 0 Å². The first-order valence-corrected chi connectivity index (χ1v) is 40.5. The van der Waals surface area contributed by atoms with Crippen LogP contribution in [-0.4, -0.2) is 29.9 Å². The minimum absolute atomic E-state index is 0.127. The molecule has 7 heteroatoms. The van der Waals surface area contributed by atoms with Gasteiger partial charge >= 0.3 is 14.8 Å². The molecule has 21 rings (SSSR count). The lowest BCUT2D eigenvalue weighted by molar-refractivity contribution is 0.425. The second-order valence-electron chi connectivity index (χ2n) is 33.5. The molecule has 4 aliphatic rings. The van der Waals surface area contributed by atoms with Crippen molar-refractivity contribution in [1.82, 2.24) is 0 Å². The molecule has 17 aromatic rings. The molecular weight excluding hydrogens is 1460 g/mol. The average molecular weight is 1550 g/mol. The van der Waals surface area contributed by atoms with Crippen molar-refractivity contribution in [3.63, 3.8) is 0 Å². The summed E-state index contributed by atoms with van der Waals surface area (Å²) < 4.78 is 6.34. The zero-order valence-corrected chi connectivity index (χ0v) is 67.3. The quantitative estimate of drug-likeness (QED) is 0.119. The van der Waals surface area contributed by atoms with Crippen LogP contribution in [0.1, 0.15) is 99.9 Å². The second-order valence-corrected chi connectivity index (χ2v) is 34.4. The fourth-order valence-corrected chi connectivity index (χ4v) is 19.0. The highest BCUT2D eigenvalue weighted by molar-refractivity contribution is 9.10. The van der Waals surface area contributed by atoms with Gasteiger partial charge in [-0.1, -0.05) is 338 Å². The van der Waals surface area contributed by atoms with E-state index < -0.39 is 7.12 Å². The van der Waals surface area contributed by atoms with Crippen molar-refractivity contribution < 1.29 is 19.7 Å². The van der Waals surface area contributed by atoms with Crippen LogP contribution < -0.4 is 10.1 Å². The Hall–Kier alpha value is -12.2. The molecule has 0 unspecified atom stereocenters. The normalized spacial score (nSPS) is 14.0. The molecule has 0 spiro atoms. The lowest BCUT2D eigenvalue weighted by Gasteiger charge is -2.24. The number of halogens is 1. The van der Waals surface area contributed by atoms with Crippen molar-refractivity contribution in [2.75, 3.05) is 0 Å². The third-order valence-corrected chi connectivity index (χ3v) is 25.9. The van der Waals surface area contributed by atoms with E-state index in [1.165, 1.54) is 177 Å². The largest absolute Gasteiger partial charge is 0.569 e. The van der Waals surface area contributed by atoms with E-state index in [0.29, 0.717) is 11.2 Å². The van der Waals surface area contributed by atoms with Gasteiger partial charge in [0, 0.05) is 26.1 Å². The number of benzene rings is 17. The Bertz CT molecular complexity index is 6540. The first-order chi connectivity index (χ1) is 55.6. The van der Waals surface area contributed by atoms with Crippen molar-refractivity contribution in [3.05, 3.63) is 395 Å². The van der Waals surface area contributed by atoms with Crippen LogP contribution in [0, 0.1) is 0 Å². The SMILES string of the molecule is Brc1ccc(-c2ccc3ccccc3c2)cc1.CC1(C)c2cc(-c3ccc(-c4ccc5ccccc5c4)cc3)ccc2-c2ccc(-c3ccc4c(c3)C(C)(C)c3cc(-c5ccc(-c6ccc7ccccc7c6)cc5)ccc3-4)cc21.CC1(C)c2cc(O[B]O)ccc2-c2ccc(-c3ccc4c(c3)C(C)(C)c3cc(B(O)O)ccc3-4)cc21. The molecule has 0 amide bonds. The van der Waals surface area contributed by atoms with Gasteiger partial charge in [-0.15, -0.1) is 0 Å². The highest BCUT2D eigenvalue weighted by atomic mass is 79.9.